The van der Waals surface area contributed by atoms with Crippen molar-refractivity contribution in [2.45, 2.75) is 6.92 Å². The molecule has 1 heterocycles. The first-order chi connectivity index (χ1) is 6.02. The summed E-state index contributed by atoms with van der Waals surface area (Å²) in [5.74, 6) is 0. The van der Waals surface area contributed by atoms with E-state index in [1.54, 1.807) is 6.92 Å². The molecular formula is C7H5ClN2O3. The summed E-state index contributed by atoms with van der Waals surface area (Å²) in [6.07, 6.45) is 1.35. The first-order valence-electron chi connectivity index (χ1n) is 3.33. The van der Waals surface area contributed by atoms with Crippen LogP contribution >= 0.6 is 11.6 Å². The Labute approximate surface area is 78.5 Å². The van der Waals surface area contributed by atoms with E-state index in [9.17, 15) is 14.9 Å². The predicted octanol–water partition coefficient (Wildman–Crippen LogP) is 1.68. The number of nitrogens with zero attached hydrogens (tertiary/aromatic N) is 2. The third-order valence-electron chi connectivity index (χ3n) is 1.39. The summed E-state index contributed by atoms with van der Waals surface area (Å²) in [6, 6.07) is 1.25. The van der Waals surface area contributed by atoms with Crippen LogP contribution in [0.5, 0.6) is 0 Å². The van der Waals surface area contributed by atoms with Crippen LogP contribution in [-0.4, -0.2) is 15.1 Å². The van der Waals surface area contributed by atoms with Gasteiger partial charge in [0.15, 0.2) is 0 Å². The topological polar surface area (TPSA) is 73.1 Å². The van der Waals surface area contributed by atoms with Crippen LogP contribution in [0.2, 0.25) is 0 Å². The molecule has 5 nitrogen and oxygen atoms in total. The Kier molecular flexibility index (Phi) is 2.57. The fraction of sp³-hybridized carbons (Fsp3) is 0.143. The van der Waals surface area contributed by atoms with Crippen molar-refractivity contribution in [1.82, 2.24) is 4.98 Å². The molecule has 0 saturated heterocycles. The largest absolute Gasteiger partial charge is 0.300 e. The monoisotopic (exact) mass is 200 g/mol. The molecule has 0 aliphatic rings. The Hall–Kier alpha value is -1.49. The van der Waals surface area contributed by atoms with Crippen LogP contribution in [-0.2, 0) is 0 Å². The molecule has 68 valence electrons. The lowest BCUT2D eigenvalue weighted by atomic mass is 10.2. The summed E-state index contributed by atoms with van der Waals surface area (Å²) in [4.78, 5) is 24.0. The third kappa shape index (κ3) is 2.00. The molecule has 1 rings (SSSR count). The first kappa shape index (κ1) is 9.60. The van der Waals surface area contributed by atoms with Gasteiger partial charge in [0.25, 0.3) is 10.9 Å². The summed E-state index contributed by atoms with van der Waals surface area (Å²) in [5, 5.41) is 9.51. The minimum absolute atomic E-state index is 0.322. The molecular weight excluding hydrogens is 196 g/mol. The second-order valence-corrected chi connectivity index (χ2v) is 2.75. The van der Waals surface area contributed by atoms with Crippen molar-refractivity contribution in [2.75, 3.05) is 0 Å². The molecule has 1 aromatic rings. The van der Waals surface area contributed by atoms with Gasteiger partial charge in [-0.2, -0.15) is 0 Å². The number of rotatable bonds is 2. The van der Waals surface area contributed by atoms with Gasteiger partial charge in [-0.1, -0.05) is 0 Å². The fourth-order valence-electron chi connectivity index (χ4n) is 0.844. The highest BCUT2D eigenvalue weighted by Gasteiger charge is 2.19. The van der Waals surface area contributed by atoms with Crippen molar-refractivity contribution in [1.29, 1.82) is 0 Å². The van der Waals surface area contributed by atoms with Crippen molar-refractivity contribution in [3.05, 3.63) is 33.6 Å². The van der Waals surface area contributed by atoms with Gasteiger partial charge in [-0.15, -0.1) is 0 Å². The van der Waals surface area contributed by atoms with Crippen molar-refractivity contribution in [3.8, 4) is 0 Å². The third-order valence-corrected chi connectivity index (χ3v) is 1.57. The zero-order valence-electron chi connectivity index (χ0n) is 6.65. The highest BCUT2D eigenvalue weighted by molar-refractivity contribution is 6.67. The van der Waals surface area contributed by atoms with Gasteiger partial charge in [0.05, 0.1) is 4.92 Å². The predicted molar refractivity (Wildman–Crippen MR) is 45.8 cm³/mol. The molecule has 0 amide bonds. The van der Waals surface area contributed by atoms with E-state index in [4.69, 9.17) is 11.6 Å². The van der Waals surface area contributed by atoms with Crippen molar-refractivity contribution in [3.63, 3.8) is 0 Å². The van der Waals surface area contributed by atoms with Gasteiger partial charge in [-0.3, -0.25) is 14.9 Å². The maximum atomic E-state index is 10.7. The molecule has 0 fully saturated rings. The average Bonchev–Trinajstić information content (AvgIpc) is 2.03. The van der Waals surface area contributed by atoms with Crippen LogP contribution in [0.25, 0.3) is 0 Å². The Bertz CT molecular complexity index is 378. The molecule has 0 atom stereocenters. The number of pyridine rings is 1. The number of aromatic nitrogens is 1. The van der Waals surface area contributed by atoms with Crippen LogP contribution < -0.4 is 0 Å². The lowest BCUT2D eigenvalue weighted by Crippen LogP contribution is -2.01. The van der Waals surface area contributed by atoms with Crippen LogP contribution in [0.3, 0.4) is 0 Å². The maximum Gasteiger partial charge on any atom is 0.300 e. The molecule has 0 aliphatic heterocycles. The summed E-state index contributed by atoms with van der Waals surface area (Å²) >= 11 is 5.10. The summed E-state index contributed by atoms with van der Waals surface area (Å²) < 4.78 is 0. The van der Waals surface area contributed by atoms with Gasteiger partial charge in [0.1, 0.15) is 0 Å². The van der Waals surface area contributed by atoms with Crippen molar-refractivity contribution >= 4 is 22.5 Å². The zero-order valence-corrected chi connectivity index (χ0v) is 7.41. The second-order valence-electron chi connectivity index (χ2n) is 2.41. The molecule has 0 N–H and O–H groups in total. The lowest BCUT2D eigenvalue weighted by molar-refractivity contribution is -0.385. The van der Waals surface area contributed by atoms with E-state index in [0.717, 1.165) is 0 Å². The fourth-order valence-corrected chi connectivity index (χ4v) is 0.990. The van der Waals surface area contributed by atoms with Crippen LogP contribution in [0.1, 0.15) is 16.1 Å². The number of carbonyl (C=O) groups is 1. The second kappa shape index (κ2) is 3.49. The van der Waals surface area contributed by atoms with Gasteiger partial charge < -0.3 is 0 Å². The van der Waals surface area contributed by atoms with Gasteiger partial charge in [-0.05, 0) is 24.1 Å². The smallest absolute Gasteiger partial charge is 0.274 e. The average molecular weight is 201 g/mol. The Morgan fingerprint density at radius 3 is 2.77 bits per heavy atom. The molecule has 0 spiro atoms. The minimum Gasteiger partial charge on any atom is -0.274 e. The quantitative estimate of drug-likeness (QED) is 0.414. The number of hydrogen-bond donors (Lipinski definition) is 0. The SMILES string of the molecule is Cc1cnc(C(=O)Cl)c([N+](=O)[O-])c1. The van der Waals surface area contributed by atoms with Crippen molar-refractivity contribution in [2.24, 2.45) is 0 Å². The number of carbonyl (C=O) groups excluding carboxylic acids is 1. The summed E-state index contributed by atoms with van der Waals surface area (Å²) in [5.41, 5.74) is -0.0781. The van der Waals surface area contributed by atoms with E-state index in [1.807, 2.05) is 0 Å². The number of hydrogen-bond acceptors (Lipinski definition) is 4. The van der Waals surface area contributed by atoms with E-state index in [0.29, 0.717) is 5.56 Å². The molecule has 6 heteroatoms. The van der Waals surface area contributed by atoms with E-state index >= 15 is 0 Å². The molecule has 0 radical (unpaired) electrons. The molecule has 0 saturated carbocycles. The molecule has 13 heavy (non-hydrogen) atoms. The van der Waals surface area contributed by atoms with Crippen LogP contribution in [0.4, 0.5) is 5.69 Å². The molecule has 0 unspecified atom stereocenters. The van der Waals surface area contributed by atoms with Gasteiger partial charge in [0, 0.05) is 12.3 Å². The highest BCUT2D eigenvalue weighted by Crippen LogP contribution is 2.18. The van der Waals surface area contributed by atoms with Crippen LogP contribution in [0, 0.1) is 17.0 Å². The summed E-state index contributed by atoms with van der Waals surface area (Å²) in [6.45, 7) is 1.64. The Morgan fingerprint density at radius 2 is 2.31 bits per heavy atom. The van der Waals surface area contributed by atoms with Gasteiger partial charge in [0.2, 0.25) is 5.69 Å². The zero-order chi connectivity index (χ0) is 10.0. The van der Waals surface area contributed by atoms with E-state index < -0.39 is 10.2 Å². The number of aryl methyl sites for hydroxylation is 1. The van der Waals surface area contributed by atoms with Crippen molar-refractivity contribution < 1.29 is 9.72 Å². The number of nitro groups is 1. The Balaban J connectivity index is 3.35. The molecule has 1 aromatic heterocycles. The van der Waals surface area contributed by atoms with Gasteiger partial charge in [-0.25, -0.2) is 4.98 Å². The Morgan fingerprint density at radius 1 is 1.69 bits per heavy atom. The lowest BCUT2D eigenvalue weighted by Gasteiger charge is -1.97. The molecule has 0 aromatic carbocycles. The van der Waals surface area contributed by atoms with E-state index in [1.165, 1.54) is 12.3 Å². The highest BCUT2D eigenvalue weighted by atomic mass is 35.5. The minimum atomic E-state index is -0.924. The molecule has 0 aliphatic carbocycles. The standard InChI is InChI=1S/C7H5ClN2O3/c1-4-2-5(10(12)13)6(7(8)11)9-3-4/h2-3H,1H3. The summed E-state index contributed by atoms with van der Waals surface area (Å²) in [7, 11) is 0. The first-order valence-corrected chi connectivity index (χ1v) is 3.71. The van der Waals surface area contributed by atoms with Crippen LogP contribution in [0.15, 0.2) is 12.3 Å². The van der Waals surface area contributed by atoms with E-state index in [2.05, 4.69) is 4.98 Å². The molecule has 0 bridgehead atoms. The van der Waals surface area contributed by atoms with Gasteiger partial charge >= 0.3 is 0 Å². The maximum absolute atomic E-state index is 10.7. The normalized spacial score (nSPS) is 9.69. The number of halogens is 1. The van der Waals surface area contributed by atoms with E-state index in [-0.39, 0.29) is 11.4 Å².